The fourth-order valence-corrected chi connectivity index (χ4v) is 6.70. The van der Waals surface area contributed by atoms with Crippen LogP contribution >= 0.6 is 0 Å². The Bertz CT molecular complexity index is 1420. The highest BCUT2D eigenvalue weighted by Crippen LogP contribution is 2.28. The van der Waals surface area contributed by atoms with Crippen LogP contribution in [0.15, 0.2) is 83.8 Å². The van der Waals surface area contributed by atoms with Gasteiger partial charge in [0, 0.05) is 12.6 Å². The summed E-state index contributed by atoms with van der Waals surface area (Å²) in [5.41, 5.74) is 3.17. The van der Waals surface area contributed by atoms with Crippen molar-refractivity contribution < 1.29 is 18.0 Å². The number of anilines is 1. The number of hydrogen-bond acceptors (Lipinski definition) is 4. The number of benzene rings is 3. The first-order chi connectivity index (χ1) is 19.2. The third-order valence-corrected chi connectivity index (χ3v) is 9.50. The van der Waals surface area contributed by atoms with Gasteiger partial charge >= 0.3 is 0 Å². The van der Waals surface area contributed by atoms with Crippen LogP contribution in [0.3, 0.4) is 0 Å². The van der Waals surface area contributed by atoms with Gasteiger partial charge < -0.3 is 10.2 Å². The largest absolute Gasteiger partial charge is 0.352 e. The minimum absolute atomic E-state index is 0.103. The van der Waals surface area contributed by atoms with Gasteiger partial charge in [-0.3, -0.25) is 13.9 Å². The average Bonchev–Trinajstić information content (AvgIpc) is 3.48. The number of aryl methyl sites for hydroxylation is 2. The topological polar surface area (TPSA) is 86.8 Å². The summed E-state index contributed by atoms with van der Waals surface area (Å²) in [5.74, 6) is -0.664. The van der Waals surface area contributed by atoms with Gasteiger partial charge in [0.2, 0.25) is 11.8 Å². The summed E-state index contributed by atoms with van der Waals surface area (Å²) in [6.07, 6.45) is 4.61. The maximum Gasteiger partial charge on any atom is 0.264 e. The zero-order valence-corrected chi connectivity index (χ0v) is 24.4. The second-order valence-corrected chi connectivity index (χ2v) is 12.3. The minimum atomic E-state index is -4.08. The number of carbonyl (C=O) groups is 2. The van der Waals surface area contributed by atoms with Gasteiger partial charge in [-0.15, -0.1) is 0 Å². The number of sulfonamides is 1. The normalized spacial score (nSPS) is 14.5. The Morgan fingerprint density at radius 3 is 2.15 bits per heavy atom. The molecule has 0 aliphatic heterocycles. The number of nitrogens with zero attached hydrogens (tertiary/aromatic N) is 2. The molecule has 4 rings (SSSR count). The van der Waals surface area contributed by atoms with Crippen LogP contribution in [0, 0.1) is 6.92 Å². The maximum atomic E-state index is 14.1. The van der Waals surface area contributed by atoms with Crippen molar-refractivity contribution in [2.24, 2.45) is 0 Å². The van der Waals surface area contributed by atoms with Crippen LogP contribution in [0.4, 0.5) is 5.69 Å². The molecule has 8 heteroatoms. The van der Waals surface area contributed by atoms with Crippen molar-refractivity contribution in [2.45, 2.75) is 76.4 Å². The van der Waals surface area contributed by atoms with Crippen LogP contribution in [0.2, 0.25) is 0 Å². The van der Waals surface area contributed by atoms with E-state index < -0.39 is 28.5 Å². The second-order valence-electron chi connectivity index (χ2n) is 10.4. The van der Waals surface area contributed by atoms with E-state index in [-0.39, 0.29) is 23.4 Å². The number of hydrogen-bond donors (Lipinski definition) is 1. The lowest BCUT2D eigenvalue weighted by atomic mass is 10.1. The predicted molar refractivity (Wildman–Crippen MR) is 158 cm³/mol. The Morgan fingerprint density at radius 2 is 1.50 bits per heavy atom. The highest BCUT2D eigenvalue weighted by molar-refractivity contribution is 7.92. The van der Waals surface area contributed by atoms with Gasteiger partial charge in [-0.25, -0.2) is 8.42 Å². The van der Waals surface area contributed by atoms with Crippen LogP contribution in [0.25, 0.3) is 0 Å². The molecule has 0 spiro atoms. The number of nitrogens with one attached hydrogen (secondary N) is 1. The number of carbonyl (C=O) groups excluding carboxylic acids is 2. The molecule has 1 aliphatic carbocycles. The minimum Gasteiger partial charge on any atom is -0.352 e. The summed E-state index contributed by atoms with van der Waals surface area (Å²) in [6.45, 7) is 5.40. The molecule has 0 bridgehead atoms. The summed E-state index contributed by atoms with van der Waals surface area (Å²) < 4.78 is 29.2. The fraction of sp³-hybridized carbons (Fsp3) is 0.375. The van der Waals surface area contributed by atoms with Gasteiger partial charge in [0.1, 0.15) is 12.6 Å². The lowest BCUT2D eigenvalue weighted by Gasteiger charge is -2.33. The van der Waals surface area contributed by atoms with Gasteiger partial charge in [0.05, 0.1) is 10.6 Å². The Labute approximate surface area is 238 Å². The first-order valence-corrected chi connectivity index (χ1v) is 15.5. The van der Waals surface area contributed by atoms with Crippen LogP contribution in [-0.2, 0) is 32.6 Å². The molecule has 0 radical (unpaired) electrons. The van der Waals surface area contributed by atoms with Crippen LogP contribution in [0.1, 0.15) is 56.2 Å². The molecule has 1 N–H and O–H groups in total. The van der Waals surface area contributed by atoms with Crippen molar-refractivity contribution in [3.05, 3.63) is 95.6 Å². The standard InChI is InChI=1S/C32H39N3O4S/c1-4-26-15-10-13-21-30(26)35(40(38,39)29-19-6-5-7-20-29)23-31(36)34(22-27-16-9-8-14-24(27)2)25(3)32(37)33-28-17-11-12-18-28/h5-10,13-16,19-21,25,28H,4,11-12,17-18,22-23H2,1-3H3,(H,33,37)/t25-/m0/s1. The molecule has 2 amide bonds. The summed E-state index contributed by atoms with van der Waals surface area (Å²) in [5, 5.41) is 3.11. The van der Waals surface area contributed by atoms with E-state index in [4.69, 9.17) is 0 Å². The third kappa shape index (κ3) is 6.73. The molecule has 7 nitrogen and oxygen atoms in total. The molecule has 212 valence electrons. The zero-order chi connectivity index (χ0) is 28.7. The van der Waals surface area contributed by atoms with E-state index in [1.807, 2.05) is 50.2 Å². The molecular weight excluding hydrogens is 522 g/mol. The average molecular weight is 562 g/mol. The van der Waals surface area contributed by atoms with Crippen molar-refractivity contribution in [1.82, 2.24) is 10.2 Å². The van der Waals surface area contributed by atoms with Crippen molar-refractivity contribution in [3.8, 4) is 0 Å². The molecule has 3 aromatic carbocycles. The van der Waals surface area contributed by atoms with Gasteiger partial charge in [0.25, 0.3) is 10.0 Å². The number of rotatable bonds is 11. The van der Waals surface area contributed by atoms with Crippen molar-refractivity contribution in [1.29, 1.82) is 0 Å². The maximum absolute atomic E-state index is 14.1. The van der Waals surface area contributed by atoms with Gasteiger partial charge in [0.15, 0.2) is 0 Å². The first-order valence-electron chi connectivity index (χ1n) is 14.0. The highest BCUT2D eigenvalue weighted by atomic mass is 32.2. The third-order valence-electron chi connectivity index (χ3n) is 7.72. The lowest BCUT2D eigenvalue weighted by Crippen LogP contribution is -2.52. The Morgan fingerprint density at radius 1 is 0.900 bits per heavy atom. The van der Waals surface area contributed by atoms with Crippen molar-refractivity contribution in [2.75, 3.05) is 10.8 Å². The summed E-state index contributed by atoms with van der Waals surface area (Å²) in [7, 11) is -4.08. The molecule has 1 atom stereocenters. The molecule has 0 aromatic heterocycles. The Kier molecular flexibility index (Phi) is 9.63. The Balaban J connectivity index is 1.71. The van der Waals surface area contributed by atoms with Gasteiger partial charge in [-0.1, -0.05) is 80.4 Å². The van der Waals surface area contributed by atoms with Crippen LogP contribution < -0.4 is 9.62 Å². The van der Waals surface area contributed by atoms with Crippen LogP contribution in [-0.4, -0.2) is 43.8 Å². The van der Waals surface area contributed by atoms with E-state index in [9.17, 15) is 18.0 Å². The monoisotopic (exact) mass is 561 g/mol. The van der Waals surface area contributed by atoms with Gasteiger partial charge in [-0.2, -0.15) is 0 Å². The fourth-order valence-electron chi connectivity index (χ4n) is 5.23. The molecule has 0 heterocycles. The number of amides is 2. The number of para-hydroxylation sites is 1. The molecule has 0 unspecified atom stereocenters. The van der Waals surface area contributed by atoms with Crippen LogP contribution in [0.5, 0.6) is 0 Å². The quantitative estimate of drug-likeness (QED) is 0.347. The van der Waals surface area contributed by atoms with Crippen molar-refractivity contribution in [3.63, 3.8) is 0 Å². The molecule has 1 aliphatic rings. The Hall–Kier alpha value is -3.65. The van der Waals surface area contributed by atoms with E-state index in [1.165, 1.54) is 21.3 Å². The molecule has 1 fully saturated rings. The van der Waals surface area contributed by atoms with E-state index in [2.05, 4.69) is 5.32 Å². The van der Waals surface area contributed by atoms with E-state index in [0.29, 0.717) is 12.1 Å². The van der Waals surface area contributed by atoms with Crippen molar-refractivity contribution >= 4 is 27.5 Å². The van der Waals surface area contributed by atoms with E-state index in [1.54, 1.807) is 37.3 Å². The zero-order valence-electron chi connectivity index (χ0n) is 23.5. The highest BCUT2D eigenvalue weighted by Gasteiger charge is 2.34. The molecule has 3 aromatic rings. The first kappa shape index (κ1) is 29.3. The second kappa shape index (κ2) is 13.1. The molecule has 1 saturated carbocycles. The molecular formula is C32H39N3O4S. The van der Waals surface area contributed by atoms with E-state index in [0.717, 1.165) is 42.4 Å². The lowest BCUT2D eigenvalue weighted by molar-refractivity contribution is -0.139. The van der Waals surface area contributed by atoms with Gasteiger partial charge in [-0.05, 0) is 68.0 Å². The summed E-state index contributed by atoms with van der Waals surface area (Å²) in [4.78, 5) is 29.1. The predicted octanol–water partition coefficient (Wildman–Crippen LogP) is 5.23. The van der Waals surface area contributed by atoms with E-state index >= 15 is 0 Å². The summed E-state index contributed by atoms with van der Waals surface area (Å²) in [6, 6.07) is 22.4. The summed E-state index contributed by atoms with van der Waals surface area (Å²) >= 11 is 0. The molecule has 40 heavy (non-hydrogen) atoms. The SMILES string of the molecule is CCc1ccccc1N(CC(=O)N(Cc1ccccc1C)[C@@H](C)C(=O)NC1CCCC1)S(=O)(=O)c1ccccc1. The smallest absolute Gasteiger partial charge is 0.264 e. The molecule has 0 saturated heterocycles.